The van der Waals surface area contributed by atoms with Crippen LogP contribution in [0.4, 0.5) is 0 Å². The fourth-order valence-corrected chi connectivity index (χ4v) is 3.24. The monoisotopic (exact) mass is 347 g/mol. The van der Waals surface area contributed by atoms with E-state index in [1.54, 1.807) is 28.2 Å². The second-order valence-electron chi connectivity index (χ2n) is 5.67. The van der Waals surface area contributed by atoms with Crippen molar-refractivity contribution in [2.24, 2.45) is 0 Å². The zero-order chi connectivity index (χ0) is 16.8. The summed E-state index contributed by atoms with van der Waals surface area (Å²) >= 11 is 1.60. The quantitative estimate of drug-likeness (QED) is 0.852. The molecule has 1 saturated heterocycles. The predicted molar refractivity (Wildman–Crippen MR) is 93.5 cm³/mol. The van der Waals surface area contributed by atoms with Crippen molar-refractivity contribution >= 4 is 17.2 Å². The number of hydrogen-bond acceptors (Lipinski definition) is 5. The van der Waals surface area contributed by atoms with Crippen molar-refractivity contribution in [3.05, 3.63) is 56.6 Å². The van der Waals surface area contributed by atoms with Gasteiger partial charge in [-0.05, 0) is 17.5 Å². The Hall–Kier alpha value is -1.96. The van der Waals surface area contributed by atoms with Crippen LogP contribution in [0.3, 0.4) is 0 Å². The average molecular weight is 347 g/mol. The van der Waals surface area contributed by atoms with Crippen molar-refractivity contribution in [1.82, 2.24) is 14.8 Å². The number of thiophene rings is 1. The van der Waals surface area contributed by atoms with Crippen LogP contribution in [0.1, 0.15) is 15.2 Å². The summed E-state index contributed by atoms with van der Waals surface area (Å²) in [4.78, 5) is 27.6. The van der Waals surface area contributed by atoms with E-state index in [0.717, 1.165) is 37.7 Å². The van der Waals surface area contributed by atoms with Gasteiger partial charge >= 0.3 is 0 Å². The largest absolute Gasteiger partial charge is 0.379 e. The summed E-state index contributed by atoms with van der Waals surface area (Å²) in [7, 11) is 0. The number of aromatic nitrogens is 1. The molecule has 1 aliphatic rings. The smallest absolute Gasteiger partial charge is 0.253 e. The first kappa shape index (κ1) is 16.9. The van der Waals surface area contributed by atoms with Crippen LogP contribution in [0.2, 0.25) is 0 Å². The molecule has 1 aliphatic heterocycles. The fourth-order valence-electron chi connectivity index (χ4n) is 2.60. The van der Waals surface area contributed by atoms with Gasteiger partial charge in [-0.25, -0.2) is 0 Å². The van der Waals surface area contributed by atoms with E-state index in [1.165, 1.54) is 6.07 Å². The van der Waals surface area contributed by atoms with E-state index in [4.69, 9.17) is 4.74 Å². The summed E-state index contributed by atoms with van der Waals surface area (Å²) < 4.78 is 6.93. The summed E-state index contributed by atoms with van der Waals surface area (Å²) in [5.74, 6) is -0.163. The van der Waals surface area contributed by atoms with Gasteiger partial charge in [0.1, 0.15) is 0 Å². The summed E-state index contributed by atoms with van der Waals surface area (Å²) in [5.41, 5.74) is 0.422. The van der Waals surface area contributed by atoms with Gasteiger partial charge < -0.3 is 14.6 Å². The van der Waals surface area contributed by atoms with E-state index in [0.29, 0.717) is 18.7 Å². The standard InChI is InChI=1S/C17H21N3O3S/c21-16-4-3-14(17(22)18-12-15-2-1-11-24-15)13-20(16)6-5-19-7-9-23-10-8-19/h1-4,11,13H,5-10,12H2,(H,18,22). The number of nitrogens with one attached hydrogen (secondary N) is 1. The number of nitrogens with zero attached hydrogens (tertiary/aromatic N) is 2. The molecular formula is C17H21N3O3S. The van der Waals surface area contributed by atoms with E-state index >= 15 is 0 Å². The Balaban J connectivity index is 1.59. The first-order chi connectivity index (χ1) is 11.7. The number of rotatable bonds is 6. The van der Waals surface area contributed by atoms with E-state index < -0.39 is 0 Å². The number of carbonyl (C=O) groups is 1. The van der Waals surface area contributed by atoms with Crippen LogP contribution in [0.5, 0.6) is 0 Å². The SMILES string of the molecule is O=C(NCc1cccs1)c1ccc(=O)n(CCN2CCOCC2)c1. The van der Waals surface area contributed by atoms with Crippen molar-refractivity contribution < 1.29 is 9.53 Å². The third kappa shape index (κ3) is 4.53. The van der Waals surface area contributed by atoms with Crippen LogP contribution < -0.4 is 10.9 Å². The van der Waals surface area contributed by atoms with Gasteiger partial charge in [-0.1, -0.05) is 6.07 Å². The van der Waals surface area contributed by atoms with E-state index in [9.17, 15) is 9.59 Å². The van der Waals surface area contributed by atoms with Crippen molar-refractivity contribution in [3.8, 4) is 0 Å². The molecule has 3 heterocycles. The molecular weight excluding hydrogens is 326 g/mol. The van der Waals surface area contributed by atoms with Gasteiger partial charge in [-0.2, -0.15) is 0 Å². The highest BCUT2D eigenvalue weighted by Crippen LogP contribution is 2.08. The summed E-state index contributed by atoms with van der Waals surface area (Å²) in [6.07, 6.45) is 1.65. The first-order valence-corrected chi connectivity index (χ1v) is 8.91. The molecule has 24 heavy (non-hydrogen) atoms. The summed E-state index contributed by atoms with van der Waals surface area (Å²) in [6.45, 7) is 5.10. The Labute approximate surface area is 144 Å². The minimum absolute atomic E-state index is 0.0851. The number of pyridine rings is 1. The van der Waals surface area contributed by atoms with Gasteiger partial charge in [-0.15, -0.1) is 11.3 Å². The number of hydrogen-bond donors (Lipinski definition) is 1. The Morgan fingerprint density at radius 1 is 1.21 bits per heavy atom. The van der Waals surface area contributed by atoms with Crippen molar-refractivity contribution in [3.63, 3.8) is 0 Å². The van der Waals surface area contributed by atoms with Crippen molar-refractivity contribution in [1.29, 1.82) is 0 Å². The lowest BCUT2D eigenvalue weighted by Gasteiger charge is -2.26. The third-order valence-corrected chi connectivity index (χ3v) is 4.89. The number of amides is 1. The maximum atomic E-state index is 12.3. The first-order valence-electron chi connectivity index (χ1n) is 8.03. The Kier molecular flexibility index (Phi) is 5.79. The molecule has 0 saturated carbocycles. The lowest BCUT2D eigenvalue weighted by atomic mass is 10.2. The van der Waals surface area contributed by atoms with Crippen LogP contribution in [0.15, 0.2) is 40.6 Å². The highest BCUT2D eigenvalue weighted by atomic mass is 32.1. The maximum absolute atomic E-state index is 12.3. The minimum atomic E-state index is -0.163. The Bertz CT molecular complexity index is 721. The zero-order valence-electron chi connectivity index (χ0n) is 13.4. The highest BCUT2D eigenvalue weighted by molar-refractivity contribution is 7.09. The zero-order valence-corrected chi connectivity index (χ0v) is 14.3. The van der Waals surface area contributed by atoms with Gasteiger partial charge in [-0.3, -0.25) is 14.5 Å². The van der Waals surface area contributed by atoms with Gasteiger partial charge in [0, 0.05) is 43.3 Å². The number of ether oxygens (including phenoxy) is 1. The van der Waals surface area contributed by atoms with Crippen LogP contribution in [0.25, 0.3) is 0 Å². The van der Waals surface area contributed by atoms with Gasteiger partial charge in [0.05, 0.1) is 25.3 Å². The molecule has 3 rings (SSSR count). The molecule has 1 fully saturated rings. The molecule has 2 aromatic heterocycles. The number of carbonyl (C=O) groups excluding carboxylic acids is 1. The Morgan fingerprint density at radius 3 is 2.79 bits per heavy atom. The molecule has 1 amide bonds. The van der Waals surface area contributed by atoms with Gasteiger partial charge in [0.25, 0.3) is 11.5 Å². The topological polar surface area (TPSA) is 63.6 Å². The molecule has 0 aliphatic carbocycles. The molecule has 128 valence electrons. The maximum Gasteiger partial charge on any atom is 0.253 e. The van der Waals surface area contributed by atoms with Crippen molar-refractivity contribution in [2.75, 3.05) is 32.8 Å². The van der Waals surface area contributed by atoms with Crippen LogP contribution in [-0.2, 0) is 17.8 Å². The lowest BCUT2D eigenvalue weighted by Crippen LogP contribution is -2.39. The molecule has 0 bridgehead atoms. The second kappa shape index (κ2) is 8.23. The van der Waals surface area contributed by atoms with E-state index in [-0.39, 0.29) is 11.5 Å². The highest BCUT2D eigenvalue weighted by Gasteiger charge is 2.12. The molecule has 7 heteroatoms. The molecule has 0 radical (unpaired) electrons. The fraction of sp³-hybridized carbons (Fsp3) is 0.412. The molecule has 0 aromatic carbocycles. The van der Waals surface area contributed by atoms with Gasteiger partial charge in [0.2, 0.25) is 0 Å². The Morgan fingerprint density at radius 2 is 2.04 bits per heavy atom. The molecule has 2 aromatic rings. The van der Waals surface area contributed by atoms with Crippen LogP contribution in [-0.4, -0.2) is 48.2 Å². The minimum Gasteiger partial charge on any atom is -0.379 e. The molecule has 1 N–H and O–H groups in total. The molecule has 0 unspecified atom stereocenters. The number of morpholine rings is 1. The van der Waals surface area contributed by atoms with Crippen LogP contribution >= 0.6 is 11.3 Å². The van der Waals surface area contributed by atoms with Crippen molar-refractivity contribution in [2.45, 2.75) is 13.1 Å². The van der Waals surface area contributed by atoms with E-state index in [2.05, 4.69) is 10.2 Å². The summed E-state index contributed by atoms with van der Waals surface area (Å²) in [6, 6.07) is 6.98. The molecule has 0 atom stereocenters. The predicted octanol–water partition coefficient (Wildman–Crippen LogP) is 1.17. The van der Waals surface area contributed by atoms with Crippen LogP contribution in [0, 0.1) is 0 Å². The normalized spacial score (nSPS) is 15.3. The molecule has 0 spiro atoms. The summed E-state index contributed by atoms with van der Waals surface area (Å²) in [5, 5.41) is 4.86. The average Bonchev–Trinajstić information content (AvgIpc) is 3.13. The lowest BCUT2D eigenvalue weighted by molar-refractivity contribution is 0.0363. The second-order valence-corrected chi connectivity index (χ2v) is 6.70. The molecule has 6 nitrogen and oxygen atoms in total. The van der Waals surface area contributed by atoms with E-state index in [1.807, 2.05) is 17.5 Å². The third-order valence-electron chi connectivity index (χ3n) is 4.01. The van der Waals surface area contributed by atoms with Gasteiger partial charge in [0.15, 0.2) is 0 Å².